The van der Waals surface area contributed by atoms with Gasteiger partial charge in [0.15, 0.2) is 16.3 Å². The Hall–Kier alpha value is -3.87. The average Bonchev–Trinajstić information content (AvgIpc) is 3.59. The summed E-state index contributed by atoms with van der Waals surface area (Å²) in [6.45, 7) is 8.09. The predicted molar refractivity (Wildman–Crippen MR) is 181 cm³/mol. The highest BCUT2D eigenvalue weighted by Crippen LogP contribution is 2.38. The lowest BCUT2D eigenvalue weighted by atomic mass is 9.95. The molecule has 0 saturated carbocycles. The van der Waals surface area contributed by atoms with Crippen molar-refractivity contribution in [2.75, 3.05) is 13.4 Å². The first kappa shape index (κ1) is 32.1. The summed E-state index contributed by atoms with van der Waals surface area (Å²) < 4.78 is 32.0. The van der Waals surface area contributed by atoms with Crippen LogP contribution in [0.25, 0.3) is 6.08 Å². The minimum absolute atomic E-state index is 0.117. The monoisotopic (exact) mass is 768 g/mol. The molecule has 12 heteroatoms. The van der Waals surface area contributed by atoms with E-state index in [-0.39, 0.29) is 25.1 Å². The molecule has 2 aliphatic rings. The fourth-order valence-electron chi connectivity index (χ4n) is 5.29. The molecule has 6 rings (SSSR count). The zero-order chi connectivity index (χ0) is 32.5. The number of nitrogens with zero attached hydrogens (tertiary/aromatic N) is 2. The van der Waals surface area contributed by atoms with Crippen molar-refractivity contribution in [3.05, 3.63) is 111 Å². The highest BCUT2D eigenvalue weighted by atomic mass is 79.9. The number of rotatable bonds is 9. The molecule has 238 valence electrons. The Morgan fingerprint density at radius 1 is 1.11 bits per heavy atom. The van der Waals surface area contributed by atoms with Crippen LogP contribution in [0.1, 0.15) is 50.4 Å². The predicted octanol–water partition coefficient (Wildman–Crippen LogP) is 6.42. The first-order valence-corrected chi connectivity index (χ1v) is 17.0. The highest BCUT2D eigenvalue weighted by molar-refractivity contribution is 9.11. The summed E-state index contributed by atoms with van der Waals surface area (Å²) in [5.74, 6) is 2.09. The van der Waals surface area contributed by atoms with Crippen LogP contribution in [0.2, 0.25) is 0 Å². The fraction of sp³-hybridized carbons (Fsp3) is 0.265. The number of carbonyl (C=O) groups excluding carboxylic acids is 1. The van der Waals surface area contributed by atoms with Crippen LogP contribution in [0, 0.1) is 0 Å². The number of allylic oxidation sites excluding steroid dienone is 1. The maximum atomic E-state index is 14.1. The van der Waals surface area contributed by atoms with Crippen LogP contribution in [0.15, 0.2) is 84.6 Å². The third-order valence-corrected chi connectivity index (χ3v) is 9.39. The number of hydrogen-bond acceptors (Lipinski definition) is 9. The molecular formula is C34H30Br2N2O7S. The molecule has 1 atom stereocenters. The molecule has 4 aromatic rings. The van der Waals surface area contributed by atoms with E-state index in [1.807, 2.05) is 68.4 Å². The molecule has 3 aromatic carbocycles. The molecule has 46 heavy (non-hydrogen) atoms. The number of esters is 1. The Morgan fingerprint density at radius 2 is 1.85 bits per heavy atom. The Bertz CT molecular complexity index is 2030. The van der Waals surface area contributed by atoms with Gasteiger partial charge in [-0.15, -0.1) is 0 Å². The molecule has 0 N–H and O–H groups in total. The molecule has 0 bridgehead atoms. The van der Waals surface area contributed by atoms with Gasteiger partial charge in [0.05, 0.1) is 37.5 Å². The summed E-state index contributed by atoms with van der Waals surface area (Å²) in [6, 6.07) is 16.1. The average molecular weight is 770 g/mol. The molecule has 1 aromatic heterocycles. The Kier molecular flexibility index (Phi) is 9.39. The van der Waals surface area contributed by atoms with Gasteiger partial charge in [-0.25, -0.2) is 9.79 Å². The van der Waals surface area contributed by atoms with Gasteiger partial charge >= 0.3 is 5.97 Å². The Balaban J connectivity index is 1.38. The molecule has 0 spiro atoms. The van der Waals surface area contributed by atoms with E-state index in [4.69, 9.17) is 23.7 Å². The summed E-state index contributed by atoms with van der Waals surface area (Å²) in [5, 5.41) is 0. The van der Waals surface area contributed by atoms with Crippen LogP contribution in [-0.2, 0) is 16.1 Å². The topological polar surface area (TPSA) is 97.6 Å². The second kappa shape index (κ2) is 13.5. The van der Waals surface area contributed by atoms with Crippen molar-refractivity contribution >= 4 is 55.2 Å². The lowest BCUT2D eigenvalue weighted by molar-refractivity contribution is -0.139. The van der Waals surface area contributed by atoms with Crippen molar-refractivity contribution in [1.82, 2.24) is 4.57 Å². The van der Waals surface area contributed by atoms with Crippen molar-refractivity contribution in [1.29, 1.82) is 0 Å². The molecule has 0 amide bonds. The van der Waals surface area contributed by atoms with Gasteiger partial charge in [0.1, 0.15) is 24.1 Å². The summed E-state index contributed by atoms with van der Waals surface area (Å²) in [7, 11) is 0. The van der Waals surface area contributed by atoms with Crippen molar-refractivity contribution < 1.29 is 28.5 Å². The van der Waals surface area contributed by atoms with E-state index < -0.39 is 12.0 Å². The minimum Gasteiger partial charge on any atom is -0.491 e. The van der Waals surface area contributed by atoms with Crippen LogP contribution in [0.4, 0.5) is 0 Å². The van der Waals surface area contributed by atoms with Crippen LogP contribution < -0.4 is 33.8 Å². The van der Waals surface area contributed by atoms with Gasteiger partial charge in [-0.05, 0) is 107 Å². The van der Waals surface area contributed by atoms with Crippen molar-refractivity contribution in [2.45, 2.75) is 46.4 Å². The minimum atomic E-state index is -0.780. The molecule has 0 unspecified atom stereocenters. The number of hydrogen-bond donors (Lipinski definition) is 0. The summed E-state index contributed by atoms with van der Waals surface area (Å²) >= 11 is 8.52. The summed E-state index contributed by atoms with van der Waals surface area (Å²) in [4.78, 5) is 32.6. The molecule has 0 radical (unpaired) electrons. The molecule has 3 heterocycles. The SMILES string of the molecule is CCOC(=O)C1=C(C)N=c2s/c(=C/c3cc(Br)c(OCc4ccc5c(c4)OCO5)c(Br)c3)c(=O)n2[C@H]1c1ccccc1OC(C)C. The zero-order valence-electron chi connectivity index (χ0n) is 25.5. The Labute approximate surface area is 286 Å². The fourth-order valence-corrected chi connectivity index (χ4v) is 7.79. The number of halogens is 2. The number of thiazole rings is 1. The van der Waals surface area contributed by atoms with Gasteiger partial charge in [-0.3, -0.25) is 9.36 Å². The van der Waals surface area contributed by atoms with Crippen LogP contribution in [-0.4, -0.2) is 30.0 Å². The van der Waals surface area contributed by atoms with Crippen LogP contribution in [0.3, 0.4) is 0 Å². The largest absolute Gasteiger partial charge is 0.491 e. The number of benzene rings is 3. The van der Waals surface area contributed by atoms with Crippen molar-refractivity contribution in [3.8, 4) is 23.0 Å². The number of carbonyl (C=O) groups is 1. The molecule has 0 fully saturated rings. The van der Waals surface area contributed by atoms with Gasteiger partial charge in [0, 0.05) is 5.56 Å². The van der Waals surface area contributed by atoms with Gasteiger partial charge < -0.3 is 23.7 Å². The first-order chi connectivity index (χ1) is 22.1. The van der Waals surface area contributed by atoms with Gasteiger partial charge in [0.2, 0.25) is 6.79 Å². The number of aromatic nitrogens is 1. The highest BCUT2D eigenvalue weighted by Gasteiger charge is 2.35. The molecule has 0 saturated heterocycles. The smallest absolute Gasteiger partial charge is 0.338 e. The van der Waals surface area contributed by atoms with Gasteiger partial charge in [-0.1, -0.05) is 35.6 Å². The lowest BCUT2D eigenvalue weighted by Gasteiger charge is -2.26. The van der Waals surface area contributed by atoms with E-state index >= 15 is 0 Å². The zero-order valence-corrected chi connectivity index (χ0v) is 29.5. The van der Waals surface area contributed by atoms with Gasteiger partial charge in [-0.2, -0.15) is 0 Å². The number of fused-ring (bicyclic) bond motifs is 2. The second-order valence-corrected chi connectivity index (χ2v) is 13.5. The third kappa shape index (κ3) is 6.38. The maximum absolute atomic E-state index is 14.1. The Morgan fingerprint density at radius 3 is 2.59 bits per heavy atom. The standard InChI is InChI=1S/C34H30Br2N2O7S/c1-5-41-33(40)29-19(4)37-34-38(30(29)22-8-6-7-9-25(22)45-18(2)3)32(39)28(46-34)15-21-12-23(35)31(24(36)13-21)42-16-20-10-11-26-27(14-20)44-17-43-26/h6-15,18,30H,5,16-17H2,1-4H3/b28-15+/t30-/m0/s1. The van der Waals surface area contributed by atoms with E-state index in [9.17, 15) is 9.59 Å². The third-order valence-electron chi connectivity index (χ3n) is 7.23. The van der Waals surface area contributed by atoms with Crippen LogP contribution >= 0.6 is 43.2 Å². The molecule has 9 nitrogen and oxygen atoms in total. The van der Waals surface area contributed by atoms with Crippen molar-refractivity contribution in [3.63, 3.8) is 0 Å². The maximum Gasteiger partial charge on any atom is 0.338 e. The molecule has 0 aliphatic carbocycles. The normalized spacial score (nSPS) is 15.5. The summed E-state index contributed by atoms with van der Waals surface area (Å²) in [6.07, 6.45) is 1.69. The van der Waals surface area contributed by atoms with E-state index in [1.54, 1.807) is 24.5 Å². The van der Waals surface area contributed by atoms with E-state index in [2.05, 4.69) is 36.9 Å². The second-order valence-electron chi connectivity index (χ2n) is 10.8. The van der Waals surface area contributed by atoms with E-state index in [0.717, 1.165) is 11.1 Å². The molecular weight excluding hydrogens is 740 g/mol. The summed E-state index contributed by atoms with van der Waals surface area (Å²) in [5.41, 5.74) is 2.88. The number of ether oxygens (including phenoxy) is 5. The van der Waals surface area contributed by atoms with Crippen LogP contribution in [0.5, 0.6) is 23.0 Å². The van der Waals surface area contributed by atoms with E-state index in [0.29, 0.717) is 64.7 Å². The van der Waals surface area contributed by atoms with Gasteiger partial charge in [0.25, 0.3) is 5.56 Å². The van der Waals surface area contributed by atoms with E-state index in [1.165, 1.54) is 11.3 Å². The number of para-hydroxylation sites is 1. The lowest BCUT2D eigenvalue weighted by Crippen LogP contribution is -2.40. The van der Waals surface area contributed by atoms with Crippen molar-refractivity contribution in [2.24, 2.45) is 4.99 Å². The first-order valence-electron chi connectivity index (χ1n) is 14.6. The molecule has 2 aliphatic heterocycles. The quantitative estimate of drug-likeness (QED) is 0.182.